The number of nitrogens with one attached hydrogen (secondary N) is 1. The van der Waals surface area contributed by atoms with Crippen molar-refractivity contribution >= 4 is 5.69 Å². The fourth-order valence-electron chi connectivity index (χ4n) is 2.19. The van der Waals surface area contributed by atoms with Crippen LogP contribution in [0.4, 0.5) is 5.69 Å². The highest BCUT2D eigenvalue weighted by Crippen LogP contribution is 2.20. The first kappa shape index (κ1) is 13.7. The molecule has 1 nitrogen and oxygen atoms in total. The molecule has 100 valence electrons. The van der Waals surface area contributed by atoms with E-state index >= 15 is 0 Å². The third kappa shape index (κ3) is 3.85. The van der Waals surface area contributed by atoms with Crippen molar-refractivity contribution in [3.8, 4) is 0 Å². The second kappa shape index (κ2) is 6.42. The Balaban J connectivity index is 1.96. The van der Waals surface area contributed by atoms with Crippen LogP contribution in [0.2, 0.25) is 0 Å². The monoisotopic (exact) mass is 253 g/mol. The maximum Gasteiger partial charge on any atom is 0.0400 e. The fraction of sp³-hybridized carbons (Fsp3) is 0.333. The smallest absolute Gasteiger partial charge is 0.0400 e. The summed E-state index contributed by atoms with van der Waals surface area (Å²) in [6, 6.07) is 17.4. The predicted molar refractivity (Wildman–Crippen MR) is 83.7 cm³/mol. The Morgan fingerprint density at radius 2 is 1.79 bits per heavy atom. The maximum absolute atomic E-state index is 3.47. The van der Waals surface area contributed by atoms with Gasteiger partial charge in [0, 0.05) is 12.2 Å². The summed E-state index contributed by atoms with van der Waals surface area (Å²) in [5.41, 5.74) is 5.24. The minimum Gasteiger partial charge on any atom is -0.381 e. The lowest BCUT2D eigenvalue weighted by molar-refractivity contribution is 0.734. The Morgan fingerprint density at radius 3 is 2.42 bits per heavy atom. The molecule has 1 atom stereocenters. The Bertz CT molecular complexity index is 513. The molecule has 1 unspecified atom stereocenters. The van der Waals surface area contributed by atoms with Crippen molar-refractivity contribution in [3.63, 3.8) is 0 Å². The molecular weight excluding hydrogens is 230 g/mol. The number of hydrogen-bond acceptors (Lipinski definition) is 1. The van der Waals surface area contributed by atoms with Crippen LogP contribution in [0.25, 0.3) is 0 Å². The van der Waals surface area contributed by atoms with Crippen molar-refractivity contribution in [2.75, 3.05) is 5.32 Å². The Kier molecular flexibility index (Phi) is 4.62. The number of aryl methyl sites for hydroxylation is 1. The molecule has 19 heavy (non-hydrogen) atoms. The zero-order chi connectivity index (χ0) is 13.7. The van der Waals surface area contributed by atoms with Gasteiger partial charge in [0.25, 0.3) is 0 Å². The van der Waals surface area contributed by atoms with E-state index in [4.69, 9.17) is 0 Å². The van der Waals surface area contributed by atoms with Gasteiger partial charge in [0.15, 0.2) is 0 Å². The van der Waals surface area contributed by atoms with Gasteiger partial charge < -0.3 is 5.32 Å². The summed E-state index contributed by atoms with van der Waals surface area (Å²) < 4.78 is 0. The van der Waals surface area contributed by atoms with Crippen molar-refractivity contribution in [2.45, 2.75) is 39.7 Å². The molecule has 0 aromatic heterocycles. The molecule has 0 saturated carbocycles. The first-order valence-corrected chi connectivity index (χ1v) is 7.08. The van der Waals surface area contributed by atoms with Gasteiger partial charge >= 0.3 is 0 Å². The standard InChI is InChI=1S/C18H23N/c1-4-15(3)17-8-10-18(11-9-17)19-13-16-7-5-6-14(2)12-16/h5-12,15,19H,4,13H2,1-3H3. The lowest BCUT2D eigenvalue weighted by Crippen LogP contribution is -2.00. The van der Waals surface area contributed by atoms with Gasteiger partial charge in [-0.2, -0.15) is 0 Å². The fourth-order valence-corrected chi connectivity index (χ4v) is 2.19. The van der Waals surface area contributed by atoms with Gasteiger partial charge in [-0.15, -0.1) is 0 Å². The molecule has 0 radical (unpaired) electrons. The summed E-state index contributed by atoms with van der Waals surface area (Å²) in [7, 11) is 0. The number of rotatable bonds is 5. The maximum atomic E-state index is 3.47. The molecule has 0 aliphatic rings. The summed E-state index contributed by atoms with van der Waals surface area (Å²) in [6.07, 6.45) is 1.19. The van der Waals surface area contributed by atoms with Gasteiger partial charge in [-0.25, -0.2) is 0 Å². The normalized spacial score (nSPS) is 12.2. The third-order valence-corrected chi connectivity index (χ3v) is 3.67. The van der Waals surface area contributed by atoms with Crippen molar-refractivity contribution < 1.29 is 0 Å². The summed E-state index contributed by atoms with van der Waals surface area (Å²) >= 11 is 0. The molecule has 0 bridgehead atoms. The quantitative estimate of drug-likeness (QED) is 0.779. The Hall–Kier alpha value is -1.76. The van der Waals surface area contributed by atoms with E-state index in [0.29, 0.717) is 5.92 Å². The Labute approximate surface area is 116 Å². The predicted octanol–water partition coefficient (Wildman–Crippen LogP) is 5.12. The van der Waals surface area contributed by atoms with Crippen LogP contribution >= 0.6 is 0 Å². The SMILES string of the molecule is CCC(C)c1ccc(NCc2cccc(C)c2)cc1. The second-order valence-corrected chi connectivity index (χ2v) is 5.27. The largest absolute Gasteiger partial charge is 0.381 e. The van der Waals surface area contributed by atoms with E-state index in [0.717, 1.165) is 6.54 Å². The zero-order valence-electron chi connectivity index (χ0n) is 12.1. The van der Waals surface area contributed by atoms with Gasteiger partial charge in [-0.3, -0.25) is 0 Å². The first-order chi connectivity index (χ1) is 9.19. The molecular formula is C18H23N. The summed E-state index contributed by atoms with van der Waals surface area (Å²) in [6.45, 7) is 7.51. The van der Waals surface area contributed by atoms with Crippen LogP contribution in [0, 0.1) is 6.92 Å². The molecule has 0 aliphatic heterocycles. The molecule has 1 heteroatoms. The number of benzene rings is 2. The van der Waals surface area contributed by atoms with E-state index in [1.165, 1.54) is 28.8 Å². The second-order valence-electron chi connectivity index (χ2n) is 5.27. The summed E-state index contributed by atoms with van der Waals surface area (Å²) in [5, 5.41) is 3.47. The highest BCUT2D eigenvalue weighted by Gasteiger charge is 2.02. The lowest BCUT2D eigenvalue weighted by Gasteiger charge is -2.11. The van der Waals surface area contributed by atoms with Crippen LogP contribution in [-0.2, 0) is 6.54 Å². The van der Waals surface area contributed by atoms with Crippen LogP contribution < -0.4 is 5.32 Å². The van der Waals surface area contributed by atoms with Gasteiger partial charge in [0.2, 0.25) is 0 Å². The van der Waals surface area contributed by atoms with Crippen LogP contribution in [0.15, 0.2) is 48.5 Å². The number of hydrogen-bond donors (Lipinski definition) is 1. The van der Waals surface area contributed by atoms with E-state index in [-0.39, 0.29) is 0 Å². The van der Waals surface area contributed by atoms with Crippen LogP contribution in [0.5, 0.6) is 0 Å². The van der Waals surface area contributed by atoms with E-state index in [1.807, 2.05) is 0 Å². The van der Waals surface area contributed by atoms with Gasteiger partial charge in [0.1, 0.15) is 0 Å². The first-order valence-electron chi connectivity index (χ1n) is 7.08. The van der Waals surface area contributed by atoms with Gasteiger partial charge in [0.05, 0.1) is 0 Å². The van der Waals surface area contributed by atoms with E-state index in [9.17, 15) is 0 Å². The third-order valence-electron chi connectivity index (χ3n) is 3.67. The lowest BCUT2D eigenvalue weighted by atomic mass is 9.98. The van der Waals surface area contributed by atoms with E-state index < -0.39 is 0 Å². The van der Waals surface area contributed by atoms with Crippen molar-refractivity contribution in [2.24, 2.45) is 0 Å². The molecule has 0 amide bonds. The Morgan fingerprint density at radius 1 is 1.05 bits per heavy atom. The van der Waals surface area contributed by atoms with Crippen LogP contribution in [-0.4, -0.2) is 0 Å². The van der Waals surface area contributed by atoms with Gasteiger partial charge in [-0.1, -0.05) is 55.8 Å². The average molecular weight is 253 g/mol. The van der Waals surface area contributed by atoms with Crippen molar-refractivity contribution in [1.29, 1.82) is 0 Å². The van der Waals surface area contributed by atoms with E-state index in [1.54, 1.807) is 0 Å². The van der Waals surface area contributed by atoms with Crippen molar-refractivity contribution in [3.05, 3.63) is 65.2 Å². The number of anilines is 1. The van der Waals surface area contributed by atoms with E-state index in [2.05, 4.69) is 74.6 Å². The zero-order valence-corrected chi connectivity index (χ0v) is 12.1. The molecule has 0 fully saturated rings. The highest BCUT2D eigenvalue weighted by molar-refractivity contribution is 5.45. The molecule has 1 N–H and O–H groups in total. The van der Waals surface area contributed by atoms with Crippen LogP contribution in [0.1, 0.15) is 42.9 Å². The van der Waals surface area contributed by atoms with Crippen LogP contribution in [0.3, 0.4) is 0 Å². The summed E-state index contributed by atoms with van der Waals surface area (Å²) in [4.78, 5) is 0. The minimum absolute atomic E-state index is 0.644. The highest BCUT2D eigenvalue weighted by atomic mass is 14.9. The summed E-state index contributed by atoms with van der Waals surface area (Å²) in [5.74, 6) is 0.644. The topological polar surface area (TPSA) is 12.0 Å². The molecule has 0 spiro atoms. The molecule has 0 saturated heterocycles. The van der Waals surface area contributed by atoms with Gasteiger partial charge in [-0.05, 0) is 42.5 Å². The molecule has 2 aromatic rings. The van der Waals surface area contributed by atoms with Crippen molar-refractivity contribution in [1.82, 2.24) is 0 Å². The minimum atomic E-state index is 0.644. The molecule has 2 aromatic carbocycles. The molecule has 0 heterocycles. The molecule has 2 rings (SSSR count). The molecule has 0 aliphatic carbocycles. The average Bonchev–Trinajstić information content (AvgIpc) is 2.45.